The zero-order valence-corrected chi connectivity index (χ0v) is 36.1. The molecule has 0 aromatic rings. The molecule has 7 aliphatic carbocycles. The van der Waals surface area contributed by atoms with Crippen LogP contribution in [-0.2, 0) is 0 Å². The van der Waals surface area contributed by atoms with Crippen LogP contribution in [-0.4, -0.2) is 45.3 Å². The summed E-state index contributed by atoms with van der Waals surface area (Å²) in [7, 11) is 0. The van der Waals surface area contributed by atoms with Crippen molar-refractivity contribution in [3.63, 3.8) is 0 Å². The zero-order valence-electron chi connectivity index (χ0n) is 35.3. The Hall–Kier alpha value is -1.65. The average Bonchev–Trinajstić information content (AvgIpc) is 3.67. The van der Waals surface area contributed by atoms with E-state index < -0.39 is 0 Å². The molecular formula is C51H71BN2S. The van der Waals surface area contributed by atoms with Gasteiger partial charge >= 0.3 is 0 Å². The van der Waals surface area contributed by atoms with Crippen molar-refractivity contribution in [1.29, 1.82) is 0 Å². The van der Waals surface area contributed by atoms with Crippen molar-refractivity contribution in [3.05, 3.63) is 80.5 Å². The summed E-state index contributed by atoms with van der Waals surface area (Å²) in [6.45, 7) is 14.1. The molecule has 0 N–H and O–H groups in total. The van der Waals surface area contributed by atoms with E-state index in [1.807, 2.05) is 22.3 Å². The minimum absolute atomic E-state index is 0.224. The van der Waals surface area contributed by atoms with E-state index >= 15 is 0 Å². The molecule has 0 amide bonds. The quantitative estimate of drug-likeness (QED) is 0.209. The number of hydrogen-bond acceptors (Lipinski definition) is 3. The van der Waals surface area contributed by atoms with Gasteiger partial charge < -0.3 is 4.90 Å². The Morgan fingerprint density at radius 1 is 0.818 bits per heavy atom. The highest BCUT2D eigenvalue weighted by atomic mass is 32.2. The molecule has 11 rings (SSSR count). The van der Waals surface area contributed by atoms with E-state index in [1.165, 1.54) is 135 Å². The fourth-order valence-corrected chi connectivity index (χ4v) is 17.7. The maximum atomic E-state index is 3.36. The Labute approximate surface area is 340 Å². The van der Waals surface area contributed by atoms with Gasteiger partial charge in [0.15, 0.2) is 0 Å². The molecule has 7 unspecified atom stereocenters. The van der Waals surface area contributed by atoms with Crippen LogP contribution >= 0.6 is 11.8 Å². The highest BCUT2D eigenvalue weighted by Gasteiger charge is 2.72. The molecule has 0 aromatic heterocycles. The van der Waals surface area contributed by atoms with Crippen LogP contribution in [0.1, 0.15) is 169 Å². The molecule has 294 valence electrons. The first-order valence-electron chi connectivity index (χ1n) is 23.8. The van der Waals surface area contributed by atoms with Crippen LogP contribution in [0.5, 0.6) is 0 Å². The van der Waals surface area contributed by atoms with E-state index in [0.717, 1.165) is 11.8 Å². The molecule has 0 radical (unpaired) electrons. The number of hydrogen-bond donors (Lipinski definition) is 0. The Morgan fingerprint density at radius 3 is 2.38 bits per heavy atom. The number of thioether (sulfide) groups is 1. The predicted molar refractivity (Wildman–Crippen MR) is 235 cm³/mol. The largest absolute Gasteiger partial charge is 0.342 e. The first kappa shape index (κ1) is 36.4. The standard InChI is InChI=1S/C51H71BN2S/c1-49(2,3)36-31-42-45-43(32-36)54-47-39(51(50(54,4)5)27-17-8-18-28-51)29-35(33-19-9-6-10-20-33)30-40(47)52(45)48-46(38-24-14-16-26-44(38)55-48)53(42)41-25-15-13-23-37(41)34-21-11-7-12-22-34/h11,16,21-22,26,30,33,36,39-40,43,46-48H,6-10,12-15,17-20,23-25,27-29,31-32H2,1-5H3. The molecule has 11 aliphatic rings. The van der Waals surface area contributed by atoms with Crippen LogP contribution in [0.15, 0.2) is 80.5 Å². The van der Waals surface area contributed by atoms with E-state index in [9.17, 15) is 0 Å². The van der Waals surface area contributed by atoms with Gasteiger partial charge in [0.05, 0.1) is 6.04 Å². The monoisotopic (exact) mass is 755 g/mol. The number of rotatable bonds is 3. The molecule has 4 aliphatic heterocycles. The Balaban J connectivity index is 1.17. The van der Waals surface area contributed by atoms with Gasteiger partial charge in [-0.1, -0.05) is 107 Å². The molecular weight excluding hydrogens is 683 g/mol. The minimum Gasteiger partial charge on any atom is -0.342 e. The van der Waals surface area contributed by atoms with Crippen molar-refractivity contribution in [2.45, 2.75) is 204 Å². The van der Waals surface area contributed by atoms with Gasteiger partial charge in [0, 0.05) is 39.1 Å². The summed E-state index contributed by atoms with van der Waals surface area (Å²) in [5, 5.41) is 0.632. The van der Waals surface area contributed by atoms with Crippen molar-refractivity contribution in [2.24, 2.45) is 28.6 Å². The van der Waals surface area contributed by atoms with E-state index in [0.29, 0.717) is 52.6 Å². The summed E-state index contributed by atoms with van der Waals surface area (Å²) in [6.07, 6.45) is 44.6. The Kier molecular flexibility index (Phi) is 8.90. The van der Waals surface area contributed by atoms with E-state index in [2.05, 4.69) is 92.6 Å². The van der Waals surface area contributed by atoms with Gasteiger partial charge in [-0.05, 0) is 161 Å². The topological polar surface area (TPSA) is 6.48 Å². The summed E-state index contributed by atoms with van der Waals surface area (Å²) in [6, 6.07) is 1.82. The molecule has 4 heterocycles. The second kappa shape index (κ2) is 13.4. The third-order valence-electron chi connectivity index (χ3n) is 18.5. The first-order chi connectivity index (χ1) is 26.7. The van der Waals surface area contributed by atoms with Gasteiger partial charge in [-0.25, -0.2) is 0 Å². The molecule has 4 heteroatoms. The molecule has 7 atom stereocenters. The second-order valence-corrected chi connectivity index (χ2v) is 23.3. The maximum absolute atomic E-state index is 3.36. The summed E-state index contributed by atoms with van der Waals surface area (Å²) < 4.78 is 0. The van der Waals surface area contributed by atoms with Gasteiger partial charge in [0.1, 0.15) is 0 Å². The Morgan fingerprint density at radius 2 is 1.60 bits per heavy atom. The van der Waals surface area contributed by atoms with Crippen molar-refractivity contribution in [2.75, 3.05) is 0 Å². The molecule has 0 aromatic carbocycles. The van der Waals surface area contributed by atoms with Gasteiger partial charge in [-0.15, -0.1) is 11.8 Å². The van der Waals surface area contributed by atoms with Crippen molar-refractivity contribution in [3.8, 4) is 0 Å². The summed E-state index contributed by atoms with van der Waals surface area (Å²) in [5.41, 5.74) is 13.6. The average molecular weight is 755 g/mol. The summed E-state index contributed by atoms with van der Waals surface area (Å²) in [4.78, 5) is 8.23. The maximum Gasteiger partial charge on any atom is 0.200 e. The zero-order chi connectivity index (χ0) is 37.3. The SMILES string of the molecule is CC(C)(C)C1CC2=C3B(C4C=C(C5CCCCC5)CC5C4N(C3C1)C(C)(C)C51CCCCC1)C1SC3=C(CCC=C3)C1N2C1=C(C2=CCCC=C2)CCCC1. The van der Waals surface area contributed by atoms with Crippen LogP contribution in [0.25, 0.3) is 0 Å². The molecule has 0 bridgehead atoms. The lowest BCUT2D eigenvalue weighted by molar-refractivity contribution is -0.0131. The molecule has 55 heavy (non-hydrogen) atoms. The van der Waals surface area contributed by atoms with Crippen LogP contribution in [0, 0.1) is 28.6 Å². The van der Waals surface area contributed by atoms with E-state index in [1.54, 1.807) is 21.7 Å². The molecule has 2 saturated carbocycles. The highest BCUT2D eigenvalue weighted by Crippen LogP contribution is 2.71. The fraction of sp³-hybridized carbons (Fsp3) is 0.725. The predicted octanol–water partition coefficient (Wildman–Crippen LogP) is 13.5. The lowest BCUT2D eigenvalue weighted by Crippen LogP contribution is -2.69. The smallest absolute Gasteiger partial charge is 0.200 e. The lowest BCUT2D eigenvalue weighted by Gasteiger charge is -2.62. The number of nitrogens with zero attached hydrogens (tertiary/aromatic N) is 2. The summed E-state index contributed by atoms with van der Waals surface area (Å²) >= 11 is 2.37. The van der Waals surface area contributed by atoms with Gasteiger partial charge in [-0.2, -0.15) is 0 Å². The Bertz CT molecular complexity index is 1810. The third kappa shape index (κ3) is 5.36. The van der Waals surface area contributed by atoms with Gasteiger partial charge in [-0.3, -0.25) is 4.90 Å². The minimum atomic E-state index is 0.224. The van der Waals surface area contributed by atoms with Crippen LogP contribution in [0.2, 0.25) is 5.82 Å². The number of fused-ring (bicyclic) bond motifs is 6. The normalized spacial score (nSPS) is 38.2. The van der Waals surface area contributed by atoms with E-state index in [-0.39, 0.29) is 5.54 Å². The fourth-order valence-electron chi connectivity index (χ4n) is 16.0. The molecule has 2 saturated heterocycles. The molecule has 1 spiro atoms. The van der Waals surface area contributed by atoms with Gasteiger partial charge in [0.25, 0.3) is 0 Å². The van der Waals surface area contributed by atoms with Gasteiger partial charge in [0.2, 0.25) is 6.71 Å². The number of allylic oxidation sites excluding steroid dienone is 10. The van der Waals surface area contributed by atoms with Crippen LogP contribution < -0.4 is 0 Å². The van der Waals surface area contributed by atoms with Crippen molar-refractivity contribution < 1.29 is 0 Å². The third-order valence-corrected chi connectivity index (χ3v) is 20.0. The van der Waals surface area contributed by atoms with Crippen LogP contribution in [0.3, 0.4) is 0 Å². The second-order valence-electron chi connectivity index (χ2n) is 22.1. The van der Waals surface area contributed by atoms with Crippen LogP contribution in [0.4, 0.5) is 0 Å². The lowest BCUT2D eigenvalue weighted by atomic mass is 9.26. The molecule has 4 fully saturated rings. The van der Waals surface area contributed by atoms with E-state index in [4.69, 9.17) is 0 Å². The summed E-state index contributed by atoms with van der Waals surface area (Å²) in [5.74, 6) is 3.05. The molecule has 2 nitrogen and oxygen atoms in total. The first-order valence-corrected chi connectivity index (χ1v) is 24.7. The van der Waals surface area contributed by atoms with Crippen molar-refractivity contribution >= 4 is 18.5 Å². The highest BCUT2D eigenvalue weighted by molar-refractivity contribution is 8.05. The van der Waals surface area contributed by atoms with Crippen molar-refractivity contribution in [1.82, 2.24) is 9.80 Å².